The highest BCUT2D eigenvalue weighted by atomic mass is 16.5. The van der Waals surface area contributed by atoms with Gasteiger partial charge in [0.2, 0.25) is 0 Å². The average molecular weight is 381 g/mol. The number of nitrogens with zero attached hydrogens (tertiary/aromatic N) is 3. The van der Waals surface area contributed by atoms with E-state index in [0.29, 0.717) is 23.3 Å². The van der Waals surface area contributed by atoms with Gasteiger partial charge in [-0.25, -0.2) is 9.97 Å². The number of imidazole rings is 1. The predicted octanol–water partition coefficient (Wildman–Crippen LogP) is 2.65. The van der Waals surface area contributed by atoms with Crippen LogP contribution in [0, 0.1) is 5.92 Å². The van der Waals surface area contributed by atoms with Crippen molar-refractivity contribution in [2.24, 2.45) is 5.92 Å². The number of nitrogens with one attached hydrogen (secondary N) is 2. The maximum absolute atomic E-state index is 10.5. The molecule has 0 aliphatic carbocycles. The standard InChI is InChI=1S/C21H27N5O2/c1-13-9-22-10-16(13)25-19-7-5-6-15(24-19)17-11-23-20-8-18(28-4)14(12-26(17)20)21(2,3)27/h5-8,11-13,16,22,27H,9-10H2,1-4H3,(H,24,25)/t13-,16-/m0/s1. The van der Waals surface area contributed by atoms with E-state index in [1.807, 2.05) is 34.9 Å². The number of methoxy groups -OCH3 is 1. The van der Waals surface area contributed by atoms with Crippen LogP contribution >= 0.6 is 0 Å². The Hall–Kier alpha value is -2.64. The number of fused-ring (bicyclic) bond motifs is 1. The summed E-state index contributed by atoms with van der Waals surface area (Å²) in [7, 11) is 1.60. The van der Waals surface area contributed by atoms with Gasteiger partial charge in [0.15, 0.2) is 0 Å². The molecule has 0 aromatic carbocycles. The first-order valence-electron chi connectivity index (χ1n) is 9.59. The number of pyridine rings is 2. The van der Waals surface area contributed by atoms with Crippen molar-refractivity contribution in [1.29, 1.82) is 0 Å². The molecule has 1 saturated heterocycles. The van der Waals surface area contributed by atoms with Crippen molar-refractivity contribution >= 4 is 11.5 Å². The van der Waals surface area contributed by atoms with E-state index in [0.717, 1.165) is 35.9 Å². The molecule has 0 amide bonds. The van der Waals surface area contributed by atoms with Crippen molar-refractivity contribution in [1.82, 2.24) is 19.7 Å². The predicted molar refractivity (Wildman–Crippen MR) is 110 cm³/mol. The Bertz CT molecular complexity index is 992. The molecular formula is C21H27N5O2. The van der Waals surface area contributed by atoms with E-state index in [2.05, 4.69) is 22.5 Å². The summed E-state index contributed by atoms with van der Waals surface area (Å²) in [6, 6.07) is 8.17. The molecular weight excluding hydrogens is 354 g/mol. The molecule has 4 rings (SSSR count). The molecule has 1 fully saturated rings. The zero-order valence-corrected chi connectivity index (χ0v) is 16.7. The number of anilines is 1. The third-order valence-electron chi connectivity index (χ3n) is 5.35. The van der Waals surface area contributed by atoms with Gasteiger partial charge >= 0.3 is 0 Å². The number of rotatable bonds is 5. The average Bonchev–Trinajstić information content (AvgIpc) is 3.26. The Morgan fingerprint density at radius 2 is 2.14 bits per heavy atom. The lowest BCUT2D eigenvalue weighted by atomic mass is 9.99. The van der Waals surface area contributed by atoms with E-state index in [1.54, 1.807) is 27.2 Å². The van der Waals surface area contributed by atoms with Crippen LogP contribution in [0.2, 0.25) is 0 Å². The Kier molecular flexibility index (Phi) is 4.72. The highest BCUT2D eigenvalue weighted by Gasteiger charge is 2.24. The van der Waals surface area contributed by atoms with Gasteiger partial charge in [-0.1, -0.05) is 13.0 Å². The molecule has 7 nitrogen and oxygen atoms in total. The first-order chi connectivity index (χ1) is 13.4. The fraction of sp³-hybridized carbons (Fsp3) is 0.429. The topological polar surface area (TPSA) is 83.7 Å². The smallest absolute Gasteiger partial charge is 0.140 e. The monoisotopic (exact) mass is 381 g/mol. The summed E-state index contributed by atoms with van der Waals surface area (Å²) in [5.74, 6) is 2.02. The van der Waals surface area contributed by atoms with Gasteiger partial charge in [0, 0.05) is 30.4 Å². The van der Waals surface area contributed by atoms with Crippen molar-refractivity contribution in [2.75, 3.05) is 25.5 Å². The van der Waals surface area contributed by atoms with Gasteiger partial charge in [-0.2, -0.15) is 0 Å². The molecule has 148 valence electrons. The minimum absolute atomic E-state index is 0.371. The van der Waals surface area contributed by atoms with E-state index >= 15 is 0 Å². The summed E-state index contributed by atoms with van der Waals surface area (Å²) >= 11 is 0. The van der Waals surface area contributed by atoms with Gasteiger partial charge in [-0.3, -0.25) is 4.40 Å². The molecule has 4 heterocycles. The van der Waals surface area contributed by atoms with Crippen molar-refractivity contribution < 1.29 is 9.84 Å². The molecule has 0 unspecified atom stereocenters. The third-order valence-corrected chi connectivity index (χ3v) is 5.35. The van der Waals surface area contributed by atoms with Gasteiger partial charge in [0.05, 0.1) is 30.3 Å². The molecule has 0 spiro atoms. The van der Waals surface area contributed by atoms with E-state index in [4.69, 9.17) is 9.72 Å². The molecule has 0 saturated carbocycles. The Morgan fingerprint density at radius 1 is 1.32 bits per heavy atom. The zero-order valence-electron chi connectivity index (χ0n) is 16.7. The minimum Gasteiger partial charge on any atom is -0.496 e. The van der Waals surface area contributed by atoms with Crippen molar-refractivity contribution in [3.8, 4) is 17.1 Å². The first-order valence-corrected chi connectivity index (χ1v) is 9.59. The van der Waals surface area contributed by atoms with Crippen LogP contribution in [-0.2, 0) is 5.60 Å². The van der Waals surface area contributed by atoms with Crippen LogP contribution in [0.15, 0.2) is 36.7 Å². The van der Waals surface area contributed by atoms with Gasteiger partial charge in [-0.15, -0.1) is 0 Å². The fourth-order valence-corrected chi connectivity index (χ4v) is 3.67. The van der Waals surface area contributed by atoms with Crippen LogP contribution in [0.4, 0.5) is 5.82 Å². The molecule has 7 heteroatoms. The largest absolute Gasteiger partial charge is 0.496 e. The summed E-state index contributed by atoms with van der Waals surface area (Å²) in [5, 5.41) is 17.5. The van der Waals surface area contributed by atoms with E-state index < -0.39 is 5.60 Å². The lowest BCUT2D eigenvalue weighted by Gasteiger charge is -2.21. The summed E-state index contributed by atoms with van der Waals surface area (Å²) < 4.78 is 7.40. The molecule has 2 atom stereocenters. The van der Waals surface area contributed by atoms with E-state index in [-0.39, 0.29) is 0 Å². The Morgan fingerprint density at radius 3 is 2.82 bits per heavy atom. The second kappa shape index (κ2) is 7.07. The third kappa shape index (κ3) is 3.43. The molecule has 3 N–H and O–H groups in total. The van der Waals surface area contributed by atoms with E-state index in [9.17, 15) is 5.11 Å². The Balaban J connectivity index is 1.74. The summed E-state index contributed by atoms with van der Waals surface area (Å²) in [4.78, 5) is 9.31. The van der Waals surface area contributed by atoms with E-state index in [1.165, 1.54) is 0 Å². The van der Waals surface area contributed by atoms with Crippen LogP contribution in [0.1, 0.15) is 26.3 Å². The Labute approximate surface area is 164 Å². The lowest BCUT2D eigenvalue weighted by Crippen LogP contribution is -2.27. The maximum atomic E-state index is 10.5. The van der Waals surface area contributed by atoms with Crippen LogP contribution < -0.4 is 15.4 Å². The number of hydrogen-bond donors (Lipinski definition) is 3. The van der Waals surface area contributed by atoms with Crippen LogP contribution in [-0.4, -0.2) is 45.7 Å². The lowest BCUT2D eigenvalue weighted by molar-refractivity contribution is 0.0752. The summed E-state index contributed by atoms with van der Waals surface area (Å²) in [5.41, 5.74) is 2.09. The number of ether oxygens (including phenoxy) is 1. The molecule has 1 aliphatic rings. The van der Waals surface area contributed by atoms with Crippen molar-refractivity contribution in [3.05, 3.63) is 42.2 Å². The second-order valence-electron chi connectivity index (χ2n) is 7.98. The van der Waals surface area contributed by atoms with Crippen LogP contribution in [0.25, 0.3) is 17.0 Å². The van der Waals surface area contributed by atoms with Gasteiger partial charge < -0.3 is 20.5 Å². The van der Waals surface area contributed by atoms with Crippen molar-refractivity contribution in [2.45, 2.75) is 32.4 Å². The highest BCUT2D eigenvalue weighted by molar-refractivity contribution is 5.64. The number of hydrogen-bond acceptors (Lipinski definition) is 6. The van der Waals surface area contributed by atoms with Crippen LogP contribution in [0.5, 0.6) is 5.75 Å². The van der Waals surface area contributed by atoms with Gasteiger partial charge in [0.1, 0.15) is 17.2 Å². The maximum Gasteiger partial charge on any atom is 0.140 e. The van der Waals surface area contributed by atoms with Crippen molar-refractivity contribution in [3.63, 3.8) is 0 Å². The number of aliphatic hydroxyl groups is 1. The molecule has 3 aromatic heterocycles. The highest BCUT2D eigenvalue weighted by Crippen LogP contribution is 2.32. The molecule has 1 aliphatic heterocycles. The summed E-state index contributed by atoms with van der Waals surface area (Å²) in [6.07, 6.45) is 3.68. The fourth-order valence-electron chi connectivity index (χ4n) is 3.67. The number of aromatic nitrogens is 3. The first kappa shape index (κ1) is 18.7. The second-order valence-corrected chi connectivity index (χ2v) is 7.98. The molecule has 0 radical (unpaired) electrons. The molecule has 3 aromatic rings. The quantitative estimate of drug-likeness (QED) is 0.630. The molecule has 28 heavy (non-hydrogen) atoms. The SMILES string of the molecule is COc1cc2ncc(-c3cccc(N[C@H]4CNC[C@@H]4C)n3)n2cc1C(C)(C)O. The van der Waals surface area contributed by atoms with Gasteiger partial charge in [-0.05, 0) is 38.4 Å². The minimum atomic E-state index is -1.04. The van der Waals surface area contributed by atoms with Gasteiger partial charge in [0.25, 0.3) is 0 Å². The molecule has 0 bridgehead atoms. The summed E-state index contributed by atoms with van der Waals surface area (Å²) in [6.45, 7) is 7.68. The normalized spacial score (nSPS) is 19.9. The zero-order chi connectivity index (χ0) is 19.9. The van der Waals surface area contributed by atoms with Crippen LogP contribution in [0.3, 0.4) is 0 Å².